The zero-order chi connectivity index (χ0) is 26.5. The third-order valence-electron chi connectivity index (χ3n) is 8.93. The van der Waals surface area contributed by atoms with Crippen molar-refractivity contribution in [2.24, 2.45) is 0 Å². The summed E-state index contributed by atoms with van der Waals surface area (Å²) in [6, 6.07) is 60.5. The molecule has 6 aromatic rings. The second-order valence-corrected chi connectivity index (χ2v) is 26.7. The van der Waals surface area contributed by atoms with Crippen LogP contribution in [0.25, 0.3) is 22.3 Å². The molecule has 0 nitrogen and oxygen atoms in total. The summed E-state index contributed by atoms with van der Waals surface area (Å²) in [5.74, 6) is -1.61. The third-order valence-corrected chi connectivity index (χ3v) is 31.8. The van der Waals surface area contributed by atoms with Crippen molar-refractivity contribution in [3.8, 4) is 22.3 Å². The summed E-state index contributed by atoms with van der Waals surface area (Å²) >= 11 is -2.60. The number of benzene rings is 6. The van der Waals surface area contributed by atoms with E-state index in [1.165, 1.54) is 22.3 Å². The van der Waals surface area contributed by atoms with E-state index in [0.717, 1.165) is 0 Å². The van der Waals surface area contributed by atoms with Crippen LogP contribution in [0.2, 0.25) is 0 Å². The van der Waals surface area contributed by atoms with Gasteiger partial charge in [0.05, 0.1) is 0 Å². The van der Waals surface area contributed by atoms with E-state index < -0.39 is 26.8 Å². The molecule has 0 N–H and O–H groups in total. The zero-order valence-electron chi connectivity index (χ0n) is 22.2. The first-order valence-corrected chi connectivity index (χ1v) is 23.1. The molecule has 2 aliphatic carbocycles. The van der Waals surface area contributed by atoms with Crippen LogP contribution in [-0.4, -0.2) is 5.92 Å². The van der Waals surface area contributed by atoms with Crippen LogP contribution in [0.4, 0.5) is 0 Å². The molecule has 0 amide bonds. The van der Waals surface area contributed by atoms with Crippen LogP contribution in [0.15, 0.2) is 158 Å². The summed E-state index contributed by atoms with van der Waals surface area (Å²) in [5, 5.41) is 3.21. The molecule has 0 saturated heterocycles. The van der Waals surface area contributed by atoms with Gasteiger partial charge in [0.15, 0.2) is 0 Å². The monoisotopic (exact) mass is 603 g/mol. The van der Waals surface area contributed by atoms with Gasteiger partial charge in [-0.05, 0) is 0 Å². The summed E-state index contributed by atoms with van der Waals surface area (Å²) in [4.78, 5) is 0. The van der Waals surface area contributed by atoms with E-state index in [-0.39, 0.29) is 0 Å². The molecule has 6 aromatic carbocycles. The molecule has 0 unspecified atom stereocenters. The fourth-order valence-corrected chi connectivity index (χ4v) is 34.9. The average Bonchev–Trinajstić information content (AvgIpc) is 3.54. The molecular weight excluding hydrogens is 576 g/mol. The zero-order valence-corrected chi connectivity index (χ0v) is 25.9. The van der Waals surface area contributed by atoms with E-state index in [1.807, 2.05) is 0 Å². The molecule has 0 spiro atoms. The van der Waals surface area contributed by atoms with E-state index >= 15 is 0 Å². The van der Waals surface area contributed by atoms with Gasteiger partial charge in [-0.15, -0.1) is 0 Å². The number of hydrogen-bond donors (Lipinski definition) is 0. The first-order valence-electron chi connectivity index (χ1n) is 14.2. The number of hydrogen-bond acceptors (Lipinski definition) is 0. The Bertz CT molecular complexity index is 1600. The first-order chi connectivity index (χ1) is 19.9. The summed E-state index contributed by atoms with van der Waals surface area (Å²) in [6.45, 7) is 0. The van der Waals surface area contributed by atoms with Gasteiger partial charge in [0.2, 0.25) is 0 Å². The van der Waals surface area contributed by atoms with Gasteiger partial charge in [-0.25, -0.2) is 0 Å². The van der Waals surface area contributed by atoms with Gasteiger partial charge < -0.3 is 0 Å². The third kappa shape index (κ3) is 3.81. The van der Waals surface area contributed by atoms with Gasteiger partial charge >= 0.3 is 247 Å². The molecule has 40 heavy (non-hydrogen) atoms. The quantitative estimate of drug-likeness (QED) is 0.177. The molecule has 0 radical (unpaired) electrons. The van der Waals surface area contributed by atoms with Crippen LogP contribution in [0.1, 0.15) is 29.5 Å². The molecular formula is C38H29SiZr. The fourth-order valence-electron chi connectivity index (χ4n) is 7.40. The Morgan fingerprint density at radius 1 is 0.325 bits per heavy atom. The van der Waals surface area contributed by atoms with E-state index in [0.29, 0.717) is 7.25 Å². The Kier molecular flexibility index (Phi) is 6.13. The van der Waals surface area contributed by atoms with Crippen LogP contribution in [0.5, 0.6) is 0 Å². The van der Waals surface area contributed by atoms with Crippen molar-refractivity contribution in [1.29, 1.82) is 0 Å². The molecule has 2 heteroatoms. The van der Waals surface area contributed by atoms with E-state index in [9.17, 15) is 0 Å². The SMILES string of the molecule is c1ccc([SiH](c2ccccc2)[Zr]([CH]2c3ccccc3-c3ccccc32)[CH]2c3ccccc3-c3ccccc32)cc1. The van der Waals surface area contributed by atoms with Crippen molar-refractivity contribution in [3.05, 3.63) is 180 Å². The van der Waals surface area contributed by atoms with Gasteiger partial charge in [0, 0.05) is 0 Å². The molecule has 0 heterocycles. The van der Waals surface area contributed by atoms with Crippen LogP contribution in [-0.2, 0) is 20.9 Å². The molecule has 8 rings (SSSR count). The second-order valence-electron chi connectivity index (χ2n) is 11.0. The average molecular weight is 605 g/mol. The fraction of sp³-hybridized carbons (Fsp3) is 0.0526. The minimum atomic E-state index is -2.60. The van der Waals surface area contributed by atoms with Crippen molar-refractivity contribution >= 4 is 16.3 Å². The maximum absolute atomic E-state index is 2.60. The van der Waals surface area contributed by atoms with Crippen LogP contribution >= 0.6 is 0 Å². The minimum absolute atomic E-state index is 0.510. The van der Waals surface area contributed by atoms with E-state index in [2.05, 4.69) is 158 Å². The topological polar surface area (TPSA) is 0 Å². The molecule has 0 aromatic heterocycles. The number of fused-ring (bicyclic) bond motifs is 6. The molecule has 0 aliphatic heterocycles. The Morgan fingerprint density at radius 3 is 0.925 bits per heavy atom. The van der Waals surface area contributed by atoms with Crippen molar-refractivity contribution in [2.45, 2.75) is 7.25 Å². The van der Waals surface area contributed by atoms with Crippen molar-refractivity contribution in [1.82, 2.24) is 0 Å². The van der Waals surface area contributed by atoms with Crippen molar-refractivity contribution in [2.75, 3.05) is 0 Å². The van der Waals surface area contributed by atoms with Gasteiger partial charge in [-0.1, -0.05) is 0 Å². The molecule has 0 saturated carbocycles. The second kappa shape index (κ2) is 10.1. The maximum atomic E-state index is 2.45. The summed E-state index contributed by atoms with van der Waals surface area (Å²) in [7, 11) is 0. The van der Waals surface area contributed by atoms with Gasteiger partial charge in [0.25, 0.3) is 0 Å². The molecule has 189 valence electrons. The summed E-state index contributed by atoms with van der Waals surface area (Å²) < 4.78 is 1.02. The predicted molar refractivity (Wildman–Crippen MR) is 167 cm³/mol. The Morgan fingerprint density at radius 2 is 0.600 bits per heavy atom. The summed E-state index contributed by atoms with van der Waals surface area (Å²) in [5.41, 5.74) is 12.1. The van der Waals surface area contributed by atoms with Gasteiger partial charge in [0.1, 0.15) is 0 Å². The molecule has 0 fully saturated rings. The Balaban J connectivity index is 1.47. The van der Waals surface area contributed by atoms with E-state index in [4.69, 9.17) is 0 Å². The first kappa shape index (κ1) is 24.2. The van der Waals surface area contributed by atoms with Crippen LogP contribution in [0, 0.1) is 0 Å². The molecule has 0 atom stereocenters. The van der Waals surface area contributed by atoms with Gasteiger partial charge in [-0.2, -0.15) is 0 Å². The summed E-state index contributed by atoms with van der Waals surface area (Å²) in [6.07, 6.45) is 0. The van der Waals surface area contributed by atoms with Gasteiger partial charge in [-0.3, -0.25) is 0 Å². The predicted octanol–water partition coefficient (Wildman–Crippen LogP) is 7.68. The Hall–Kier alpha value is -3.58. The molecule has 0 bridgehead atoms. The normalized spacial score (nSPS) is 13.5. The van der Waals surface area contributed by atoms with Crippen molar-refractivity contribution < 1.29 is 20.9 Å². The number of rotatable bonds is 5. The van der Waals surface area contributed by atoms with Crippen LogP contribution < -0.4 is 10.4 Å². The standard InChI is InChI=1S/2C13H9.C12H11Si.Zr/c2*1-3-7-12-10(5-1)9-11-6-2-4-8-13(11)12;1-3-7-11(8-4-1)13-12-9-5-2-6-10-12;/h2*1-9H;1-10,13H;. The van der Waals surface area contributed by atoms with Crippen molar-refractivity contribution in [3.63, 3.8) is 0 Å². The molecule has 2 aliphatic rings. The van der Waals surface area contributed by atoms with Crippen LogP contribution in [0.3, 0.4) is 0 Å². The van der Waals surface area contributed by atoms with E-state index in [1.54, 1.807) is 32.6 Å². The Labute approximate surface area is 245 Å².